The molecule has 0 aliphatic carbocycles. The lowest BCUT2D eigenvalue weighted by Gasteiger charge is -2.02. The fraction of sp³-hybridized carbons (Fsp3) is 0.222. The second-order valence-electron chi connectivity index (χ2n) is 2.30. The second kappa shape index (κ2) is 5.21. The van der Waals surface area contributed by atoms with Crippen LogP contribution < -0.4 is 0 Å². The van der Waals surface area contributed by atoms with Gasteiger partial charge < -0.3 is 4.74 Å². The molecule has 1 rings (SSSR count). The molecule has 0 aromatic carbocycles. The van der Waals surface area contributed by atoms with E-state index in [2.05, 4.69) is 27.4 Å². The summed E-state index contributed by atoms with van der Waals surface area (Å²) in [4.78, 5) is 18.9. The third kappa shape index (κ3) is 2.45. The van der Waals surface area contributed by atoms with Crippen LogP contribution in [0.4, 0.5) is 5.82 Å². The molecule has 0 aliphatic heterocycles. The maximum atomic E-state index is 11.4. The lowest BCUT2D eigenvalue weighted by atomic mass is 10.2. The highest BCUT2D eigenvalue weighted by atomic mass is 32.1. The lowest BCUT2D eigenvalue weighted by Crippen LogP contribution is -2.05. The van der Waals surface area contributed by atoms with Gasteiger partial charge in [0.15, 0.2) is 5.82 Å². The quantitative estimate of drug-likeness (QED) is 0.433. The van der Waals surface area contributed by atoms with Crippen LogP contribution >= 0.6 is 12.2 Å². The Bertz CT molecular complexity index is 386. The minimum Gasteiger partial charge on any atom is -0.462 e. The number of aromatic nitrogens is 1. The van der Waals surface area contributed by atoms with Crippen LogP contribution in [0.3, 0.4) is 0 Å². The number of isothiocyanates is 1. The molecule has 0 amide bonds. The molecule has 5 heteroatoms. The van der Waals surface area contributed by atoms with Crippen molar-refractivity contribution in [3.05, 3.63) is 23.9 Å². The summed E-state index contributed by atoms with van der Waals surface area (Å²) < 4.78 is 4.81. The Hall–Kier alpha value is -1.58. The molecule has 0 fully saturated rings. The minimum absolute atomic E-state index is 0.237. The van der Waals surface area contributed by atoms with Gasteiger partial charge in [0.2, 0.25) is 0 Å². The fourth-order valence-electron chi connectivity index (χ4n) is 0.897. The van der Waals surface area contributed by atoms with E-state index < -0.39 is 5.97 Å². The van der Waals surface area contributed by atoms with E-state index in [9.17, 15) is 4.79 Å². The Morgan fingerprint density at radius 2 is 2.57 bits per heavy atom. The van der Waals surface area contributed by atoms with E-state index in [1.54, 1.807) is 19.1 Å². The number of ether oxygens (including phenoxy) is 1. The highest BCUT2D eigenvalue weighted by Crippen LogP contribution is 2.15. The number of thiocarbonyl (C=S) groups is 1. The fourth-order valence-corrected chi connectivity index (χ4v) is 0.984. The van der Waals surface area contributed by atoms with Gasteiger partial charge in [-0.05, 0) is 31.3 Å². The number of hydrogen-bond donors (Lipinski definition) is 0. The Labute approximate surface area is 86.6 Å². The number of nitrogens with zero attached hydrogens (tertiary/aromatic N) is 2. The first-order valence-electron chi connectivity index (χ1n) is 3.99. The van der Waals surface area contributed by atoms with Crippen LogP contribution in [0, 0.1) is 0 Å². The van der Waals surface area contributed by atoms with Crippen molar-refractivity contribution in [2.45, 2.75) is 6.92 Å². The maximum Gasteiger partial charge on any atom is 0.342 e. The van der Waals surface area contributed by atoms with Crippen LogP contribution in [0.2, 0.25) is 0 Å². The van der Waals surface area contributed by atoms with Gasteiger partial charge in [-0.3, -0.25) is 0 Å². The first-order valence-corrected chi connectivity index (χ1v) is 4.40. The molecule has 1 aromatic rings. The molecule has 0 aliphatic rings. The Balaban J connectivity index is 3.06. The Morgan fingerprint density at radius 1 is 1.79 bits per heavy atom. The first kappa shape index (κ1) is 10.5. The molecule has 14 heavy (non-hydrogen) atoms. The number of carbonyl (C=O) groups is 1. The monoisotopic (exact) mass is 208 g/mol. The zero-order valence-corrected chi connectivity index (χ0v) is 8.37. The van der Waals surface area contributed by atoms with Crippen LogP contribution in [-0.4, -0.2) is 22.7 Å². The molecule has 1 heterocycles. The largest absolute Gasteiger partial charge is 0.462 e. The van der Waals surface area contributed by atoms with Gasteiger partial charge in [0.1, 0.15) is 5.56 Å². The summed E-state index contributed by atoms with van der Waals surface area (Å²) in [6.07, 6.45) is 1.52. The molecule has 0 bridgehead atoms. The zero-order valence-electron chi connectivity index (χ0n) is 7.56. The molecule has 0 saturated carbocycles. The Kier molecular flexibility index (Phi) is 3.91. The standard InChI is InChI=1S/C9H8N2O2S/c1-2-13-9(12)7-4-3-5-10-8(7)11-6-14/h3-5H,2H2,1H3. The summed E-state index contributed by atoms with van der Waals surface area (Å²) in [5, 5.41) is 2.16. The number of aliphatic imine (C=N–C) groups is 1. The second-order valence-corrected chi connectivity index (χ2v) is 2.48. The normalized spacial score (nSPS) is 8.93. The van der Waals surface area contributed by atoms with Crippen molar-refractivity contribution >= 4 is 29.2 Å². The molecule has 0 spiro atoms. The third-order valence-electron chi connectivity index (χ3n) is 1.43. The number of esters is 1. The first-order chi connectivity index (χ1) is 6.79. The number of pyridine rings is 1. The lowest BCUT2D eigenvalue weighted by molar-refractivity contribution is 0.0527. The molecule has 0 unspecified atom stereocenters. The van der Waals surface area contributed by atoms with Crippen molar-refractivity contribution in [3.8, 4) is 0 Å². The summed E-state index contributed by atoms with van der Waals surface area (Å²) >= 11 is 4.44. The van der Waals surface area contributed by atoms with Crippen LogP contribution in [0.5, 0.6) is 0 Å². The summed E-state index contributed by atoms with van der Waals surface area (Å²) in [5.41, 5.74) is 0.298. The molecular formula is C9H8N2O2S. The molecule has 72 valence electrons. The van der Waals surface area contributed by atoms with Crippen molar-refractivity contribution in [1.29, 1.82) is 0 Å². The molecule has 0 saturated heterocycles. The predicted molar refractivity (Wildman–Crippen MR) is 54.9 cm³/mol. The summed E-state index contributed by atoms with van der Waals surface area (Å²) in [6, 6.07) is 3.21. The van der Waals surface area contributed by atoms with Gasteiger partial charge in [0.05, 0.1) is 11.8 Å². The Morgan fingerprint density at radius 3 is 3.21 bits per heavy atom. The molecule has 0 radical (unpaired) electrons. The molecular weight excluding hydrogens is 200 g/mol. The molecule has 0 N–H and O–H groups in total. The van der Waals surface area contributed by atoms with Crippen molar-refractivity contribution in [1.82, 2.24) is 4.98 Å². The van der Waals surface area contributed by atoms with Gasteiger partial charge in [-0.2, -0.15) is 4.99 Å². The SMILES string of the molecule is CCOC(=O)c1cccnc1N=C=S. The van der Waals surface area contributed by atoms with Gasteiger partial charge in [-0.25, -0.2) is 9.78 Å². The topological polar surface area (TPSA) is 51.5 Å². The van der Waals surface area contributed by atoms with Gasteiger partial charge in [-0.15, -0.1) is 0 Å². The third-order valence-corrected chi connectivity index (χ3v) is 1.52. The average Bonchev–Trinajstić information content (AvgIpc) is 2.19. The van der Waals surface area contributed by atoms with E-state index in [1.165, 1.54) is 6.20 Å². The zero-order chi connectivity index (χ0) is 10.4. The summed E-state index contributed by atoms with van der Waals surface area (Å²) in [6.45, 7) is 2.05. The molecule has 4 nitrogen and oxygen atoms in total. The summed E-state index contributed by atoms with van der Waals surface area (Å²) in [5.74, 6) is -0.217. The number of carbonyl (C=O) groups excluding carboxylic acids is 1. The van der Waals surface area contributed by atoms with Crippen LogP contribution in [0.25, 0.3) is 0 Å². The molecule has 0 atom stereocenters. The number of hydrogen-bond acceptors (Lipinski definition) is 5. The molecule has 1 aromatic heterocycles. The van der Waals surface area contributed by atoms with Crippen molar-refractivity contribution < 1.29 is 9.53 Å². The van der Waals surface area contributed by atoms with E-state index in [4.69, 9.17) is 4.74 Å². The highest BCUT2D eigenvalue weighted by Gasteiger charge is 2.11. The van der Waals surface area contributed by atoms with Gasteiger partial charge in [0, 0.05) is 6.20 Å². The van der Waals surface area contributed by atoms with Gasteiger partial charge >= 0.3 is 5.97 Å². The smallest absolute Gasteiger partial charge is 0.342 e. The van der Waals surface area contributed by atoms with E-state index in [0.717, 1.165) is 0 Å². The predicted octanol–water partition coefficient (Wildman–Crippen LogP) is 1.99. The summed E-state index contributed by atoms with van der Waals surface area (Å²) in [7, 11) is 0. The average molecular weight is 208 g/mol. The van der Waals surface area contributed by atoms with Crippen LogP contribution in [-0.2, 0) is 4.74 Å². The van der Waals surface area contributed by atoms with E-state index in [1.807, 2.05) is 0 Å². The highest BCUT2D eigenvalue weighted by molar-refractivity contribution is 7.78. The number of rotatable bonds is 3. The van der Waals surface area contributed by atoms with Crippen molar-refractivity contribution in [2.24, 2.45) is 4.99 Å². The van der Waals surface area contributed by atoms with E-state index >= 15 is 0 Å². The van der Waals surface area contributed by atoms with Crippen molar-refractivity contribution in [3.63, 3.8) is 0 Å². The van der Waals surface area contributed by atoms with E-state index in [-0.39, 0.29) is 5.82 Å². The minimum atomic E-state index is -0.454. The van der Waals surface area contributed by atoms with Gasteiger partial charge in [0.25, 0.3) is 0 Å². The van der Waals surface area contributed by atoms with Crippen molar-refractivity contribution in [2.75, 3.05) is 6.61 Å². The van der Waals surface area contributed by atoms with Crippen LogP contribution in [0.15, 0.2) is 23.3 Å². The maximum absolute atomic E-state index is 11.4. The van der Waals surface area contributed by atoms with Crippen LogP contribution in [0.1, 0.15) is 17.3 Å². The van der Waals surface area contributed by atoms with Gasteiger partial charge in [-0.1, -0.05) is 0 Å². The van der Waals surface area contributed by atoms with E-state index in [0.29, 0.717) is 12.2 Å².